The van der Waals surface area contributed by atoms with Crippen LogP contribution in [0.5, 0.6) is 11.5 Å². The number of carbonyl (C=O) groups excluding carboxylic acids is 2. The second kappa shape index (κ2) is 8.32. The number of carbonyl (C=O) groups is 2. The van der Waals surface area contributed by atoms with Gasteiger partial charge in [0.1, 0.15) is 0 Å². The zero-order valence-corrected chi connectivity index (χ0v) is 20.0. The molecule has 5 nitrogen and oxygen atoms in total. The van der Waals surface area contributed by atoms with E-state index in [1.165, 1.54) is 0 Å². The molecule has 0 unspecified atom stereocenters. The number of methoxy groups -OCH3 is 1. The minimum Gasteiger partial charge on any atom is -0.493 e. The van der Waals surface area contributed by atoms with Gasteiger partial charge >= 0.3 is 5.97 Å². The molecule has 0 bridgehead atoms. The normalized spacial score (nSPS) is 18.7. The van der Waals surface area contributed by atoms with Gasteiger partial charge in [0, 0.05) is 35.4 Å². The van der Waals surface area contributed by atoms with Crippen LogP contribution in [-0.4, -0.2) is 18.9 Å². The summed E-state index contributed by atoms with van der Waals surface area (Å²) in [7, 11) is 1.56. The number of Topliss-reactive ketones (excluding diaryl/α,β-unsaturated/α-hetero) is 1. The predicted octanol–water partition coefficient (Wildman–Crippen LogP) is 6.36. The number of nitrogens with one attached hydrogen (secondary N) is 1. The molecular weight excluding hydrogens is 426 g/mol. The molecule has 1 N–H and O–H groups in total. The lowest BCUT2D eigenvalue weighted by molar-refractivity contribution is -0.134. The van der Waals surface area contributed by atoms with E-state index in [9.17, 15) is 9.59 Å². The van der Waals surface area contributed by atoms with Crippen LogP contribution >= 0.6 is 0 Å². The molecule has 0 saturated carbocycles. The second-order valence-corrected chi connectivity index (χ2v) is 9.88. The molecule has 0 spiro atoms. The number of esters is 1. The standard InChI is InChI=1S/C29H29NO4/c1-5-25(32)34-23-13-11-18(14-24(23)33-4)26-20-12-10-17-8-6-7-9-19(17)28(20)30-21-15-29(2,3)16-22(31)27(21)26/h6-14,26,30H,5,15-16H2,1-4H3/t26-/m1/s1. The van der Waals surface area contributed by atoms with Crippen molar-refractivity contribution in [2.24, 2.45) is 5.41 Å². The molecule has 3 aromatic rings. The molecule has 34 heavy (non-hydrogen) atoms. The fourth-order valence-corrected chi connectivity index (χ4v) is 5.25. The maximum atomic E-state index is 13.5. The Labute approximate surface area is 199 Å². The van der Waals surface area contributed by atoms with Gasteiger partial charge in [0.05, 0.1) is 12.8 Å². The third-order valence-electron chi connectivity index (χ3n) is 6.79. The third-order valence-corrected chi connectivity index (χ3v) is 6.79. The van der Waals surface area contributed by atoms with Crippen molar-refractivity contribution in [3.05, 3.63) is 77.0 Å². The first-order valence-electron chi connectivity index (χ1n) is 11.7. The lowest BCUT2D eigenvalue weighted by Gasteiger charge is -2.40. The highest BCUT2D eigenvalue weighted by atomic mass is 16.6. The minimum atomic E-state index is -0.320. The van der Waals surface area contributed by atoms with Gasteiger partial charge in [0.15, 0.2) is 17.3 Å². The topological polar surface area (TPSA) is 64.6 Å². The summed E-state index contributed by atoms with van der Waals surface area (Å²) in [4.78, 5) is 25.4. The van der Waals surface area contributed by atoms with E-state index in [-0.39, 0.29) is 29.5 Å². The van der Waals surface area contributed by atoms with E-state index < -0.39 is 0 Å². The maximum absolute atomic E-state index is 13.5. The number of allylic oxidation sites excluding steroid dienone is 2. The highest BCUT2D eigenvalue weighted by molar-refractivity contribution is 6.05. The summed E-state index contributed by atoms with van der Waals surface area (Å²) in [6.07, 6.45) is 1.59. The van der Waals surface area contributed by atoms with Gasteiger partial charge in [-0.25, -0.2) is 0 Å². The number of hydrogen-bond donors (Lipinski definition) is 1. The summed E-state index contributed by atoms with van der Waals surface area (Å²) >= 11 is 0. The minimum absolute atomic E-state index is 0.106. The van der Waals surface area contributed by atoms with Gasteiger partial charge < -0.3 is 14.8 Å². The van der Waals surface area contributed by atoms with Crippen molar-refractivity contribution in [1.29, 1.82) is 0 Å². The first-order valence-corrected chi connectivity index (χ1v) is 11.7. The molecule has 174 valence electrons. The Bertz CT molecular complexity index is 1350. The van der Waals surface area contributed by atoms with E-state index in [4.69, 9.17) is 9.47 Å². The van der Waals surface area contributed by atoms with Crippen LogP contribution in [-0.2, 0) is 9.59 Å². The molecule has 0 aromatic heterocycles. The molecule has 5 rings (SSSR count). The predicted molar refractivity (Wildman–Crippen MR) is 133 cm³/mol. The molecule has 0 saturated heterocycles. The first kappa shape index (κ1) is 22.2. The molecule has 1 aliphatic heterocycles. The zero-order valence-electron chi connectivity index (χ0n) is 20.0. The molecule has 0 amide bonds. The highest BCUT2D eigenvalue weighted by Gasteiger charge is 2.41. The van der Waals surface area contributed by atoms with Gasteiger partial charge in [-0.15, -0.1) is 0 Å². The van der Waals surface area contributed by atoms with Crippen molar-refractivity contribution in [3.63, 3.8) is 0 Å². The van der Waals surface area contributed by atoms with Crippen LogP contribution in [0.1, 0.15) is 57.1 Å². The molecule has 1 heterocycles. The van der Waals surface area contributed by atoms with Gasteiger partial charge in [0.25, 0.3) is 0 Å². The fourth-order valence-electron chi connectivity index (χ4n) is 5.25. The van der Waals surface area contributed by atoms with E-state index in [2.05, 4.69) is 43.4 Å². The van der Waals surface area contributed by atoms with Crippen LogP contribution in [0.3, 0.4) is 0 Å². The summed E-state index contributed by atoms with van der Waals surface area (Å²) < 4.78 is 11.0. The molecule has 0 radical (unpaired) electrons. The van der Waals surface area contributed by atoms with Crippen LogP contribution in [0.15, 0.2) is 65.9 Å². The van der Waals surface area contributed by atoms with Crippen LogP contribution in [0, 0.1) is 5.41 Å². The van der Waals surface area contributed by atoms with Crippen molar-refractivity contribution < 1.29 is 19.1 Å². The van der Waals surface area contributed by atoms with Gasteiger partial charge in [-0.3, -0.25) is 9.59 Å². The summed E-state index contributed by atoms with van der Waals surface area (Å²) in [6, 6.07) is 18.1. The lowest BCUT2D eigenvalue weighted by atomic mass is 9.68. The second-order valence-electron chi connectivity index (χ2n) is 9.88. The fraction of sp³-hybridized carbons (Fsp3) is 0.310. The Morgan fingerprint density at radius 1 is 1.06 bits per heavy atom. The Kier molecular flexibility index (Phi) is 5.43. The zero-order chi connectivity index (χ0) is 24.0. The Morgan fingerprint density at radius 3 is 2.62 bits per heavy atom. The molecule has 5 heteroatoms. The van der Waals surface area contributed by atoms with Gasteiger partial charge in [0.2, 0.25) is 0 Å². The summed E-state index contributed by atoms with van der Waals surface area (Å²) in [5.74, 6) is 0.480. The van der Waals surface area contributed by atoms with E-state index >= 15 is 0 Å². The molecule has 1 aliphatic carbocycles. The Morgan fingerprint density at radius 2 is 1.85 bits per heavy atom. The summed E-state index contributed by atoms with van der Waals surface area (Å²) in [5.41, 5.74) is 4.76. The average molecular weight is 456 g/mol. The maximum Gasteiger partial charge on any atom is 0.311 e. The number of ketones is 1. The number of ether oxygens (including phenoxy) is 2. The van der Waals surface area contributed by atoms with Crippen molar-refractivity contribution in [1.82, 2.24) is 0 Å². The molecular formula is C29H29NO4. The Balaban J connectivity index is 1.71. The van der Waals surface area contributed by atoms with Crippen LogP contribution in [0.2, 0.25) is 0 Å². The summed E-state index contributed by atoms with van der Waals surface area (Å²) in [5, 5.41) is 5.94. The van der Waals surface area contributed by atoms with Crippen LogP contribution in [0.4, 0.5) is 5.69 Å². The van der Waals surface area contributed by atoms with E-state index in [1.54, 1.807) is 20.1 Å². The summed E-state index contributed by atoms with van der Waals surface area (Å²) in [6.45, 7) is 6.04. The number of benzene rings is 3. The molecule has 2 aliphatic rings. The van der Waals surface area contributed by atoms with Crippen molar-refractivity contribution >= 4 is 28.2 Å². The average Bonchev–Trinajstić information content (AvgIpc) is 2.82. The smallest absolute Gasteiger partial charge is 0.311 e. The van der Waals surface area contributed by atoms with E-state index in [0.717, 1.165) is 45.3 Å². The molecule has 1 atom stereocenters. The number of fused-ring (bicyclic) bond motifs is 3. The first-order chi connectivity index (χ1) is 16.3. The van der Waals surface area contributed by atoms with Gasteiger partial charge in [-0.2, -0.15) is 0 Å². The lowest BCUT2D eigenvalue weighted by Crippen LogP contribution is -2.33. The van der Waals surface area contributed by atoms with Crippen LogP contribution < -0.4 is 14.8 Å². The Hall–Kier alpha value is -3.60. The number of hydrogen-bond acceptors (Lipinski definition) is 5. The molecule has 3 aromatic carbocycles. The number of anilines is 1. The van der Waals surface area contributed by atoms with E-state index in [1.807, 2.05) is 24.3 Å². The quantitative estimate of drug-likeness (QED) is 0.366. The number of rotatable bonds is 4. The van der Waals surface area contributed by atoms with Gasteiger partial charge in [-0.1, -0.05) is 63.2 Å². The SMILES string of the molecule is CCC(=O)Oc1ccc([C@H]2C3=C(CC(C)(C)CC3=O)Nc3c2ccc2ccccc32)cc1OC. The van der Waals surface area contributed by atoms with Crippen molar-refractivity contribution in [3.8, 4) is 11.5 Å². The van der Waals surface area contributed by atoms with Crippen molar-refractivity contribution in [2.75, 3.05) is 12.4 Å². The van der Waals surface area contributed by atoms with Crippen molar-refractivity contribution in [2.45, 2.75) is 46.0 Å². The van der Waals surface area contributed by atoms with E-state index in [0.29, 0.717) is 17.9 Å². The van der Waals surface area contributed by atoms with Gasteiger partial charge in [-0.05, 0) is 40.5 Å². The largest absolute Gasteiger partial charge is 0.493 e. The third kappa shape index (κ3) is 3.75. The highest BCUT2D eigenvalue weighted by Crippen LogP contribution is 2.51. The monoisotopic (exact) mass is 455 g/mol. The van der Waals surface area contributed by atoms with Crippen LogP contribution in [0.25, 0.3) is 10.8 Å². The molecule has 0 fully saturated rings.